The molecule has 0 aliphatic carbocycles. The molecule has 2 aromatic rings. The number of hydrogen-bond acceptors (Lipinski definition) is 6. The lowest BCUT2D eigenvalue weighted by Gasteiger charge is -2.26. The Morgan fingerprint density at radius 2 is 1.94 bits per heavy atom. The zero-order valence-electron chi connectivity index (χ0n) is 19.3. The van der Waals surface area contributed by atoms with E-state index in [1.165, 1.54) is 16.2 Å². The number of carbonyl (C=O) groups is 3. The molecule has 0 unspecified atom stereocenters. The first kappa shape index (κ1) is 24.9. The van der Waals surface area contributed by atoms with Crippen molar-refractivity contribution in [2.75, 3.05) is 45.9 Å². The second-order valence-corrected chi connectivity index (χ2v) is 8.72. The molecule has 8 nitrogen and oxygen atoms in total. The minimum absolute atomic E-state index is 0.00160. The highest BCUT2D eigenvalue weighted by Crippen LogP contribution is 2.13. The van der Waals surface area contributed by atoms with Gasteiger partial charge in [0.25, 0.3) is 0 Å². The van der Waals surface area contributed by atoms with E-state index in [4.69, 9.17) is 4.74 Å². The van der Waals surface area contributed by atoms with Crippen LogP contribution in [-0.2, 0) is 32.0 Å². The van der Waals surface area contributed by atoms with Gasteiger partial charge < -0.3 is 19.4 Å². The lowest BCUT2D eigenvalue weighted by atomic mass is 10.1. The number of likely N-dealkylation sites (N-methyl/N-ethyl adjacent to an activating group) is 1. The number of ether oxygens (including phenoxy) is 1. The fraction of sp³-hybridized carbons (Fsp3) is 0.500. The predicted molar refractivity (Wildman–Crippen MR) is 127 cm³/mol. The fourth-order valence-electron chi connectivity index (χ4n) is 3.85. The van der Waals surface area contributed by atoms with Crippen LogP contribution in [0.2, 0.25) is 0 Å². The summed E-state index contributed by atoms with van der Waals surface area (Å²) >= 11 is 1.43. The number of benzene rings is 1. The van der Waals surface area contributed by atoms with E-state index in [2.05, 4.69) is 4.98 Å². The predicted octanol–water partition coefficient (Wildman–Crippen LogP) is 1.85. The number of thiazole rings is 1. The molecule has 1 aromatic carbocycles. The molecule has 1 fully saturated rings. The normalized spacial score (nSPS) is 16.5. The average molecular weight is 473 g/mol. The van der Waals surface area contributed by atoms with Crippen LogP contribution in [0.1, 0.15) is 25.1 Å². The Hall–Kier alpha value is -2.78. The van der Waals surface area contributed by atoms with Gasteiger partial charge in [-0.3, -0.25) is 14.4 Å². The van der Waals surface area contributed by atoms with Crippen molar-refractivity contribution in [3.63, 3.8) is 0 Å². The minimum Gasteiger partial charge on any atom is -0.365 e. The summed E-state index contributed by atoms with van der Waals surface area (Å²) in [5.74, 6) is -0.367. The molecule has 9 heteroatoms. The quantitative estimate of drug-likeness (QED) is 0.527. The number of rotatable bonds is 10. The minimum atomic E-state index is -0.439. The number of carbonyl (C=O) groups excluding carboxylic acids is 3. The van der Waals surface area contributed by atoms with E-state index in [-0.39, 0.29) is 43.8 Å². The summed E-state index contributed by atoms with van der Waals surface area (Å²) in [5, 5.41) is 1.83. The molecule has 33 heavy (non-hydrogen) atoms. The third-order valence-electron chi connectivity index (χ3n) is 5.77. The standard InChI is InChI=1S/C24H32N4O4S/c1-3-26(4-2)24(31)16-32-21-13-27(11-10-19-8-6-5-7-9-19)23(30)15-28(14-21)22(29)12-20-17-33-18-25-20/h5-9,17-18,21H,3-4,10-16H2,1-2H3/t21-/m1/s1. The first-order valence-corrected chi connectivity index (χ1v) is 12.3. The lowest BCUT2D eigenvalue weighted by molar-refractivity contribution is -0.139. The van der Waals surface area contributed by atoms with Crippen LogP contribution in [0.3, 0.4) is 0 Å². The SMILES string of the molecule is CCN(CC)C(=O)CO[C@@H]1CN(CCc2ccccc2)C(=O)CN(C(=O)Cc2cscn2)C1. The van der Waals surface area contributed by atoms with Gasteiger partial charge in [-0.15, -0.1) is 11.3 Å². The topological polar surface area (TPSA) is 83.0 Å². The summed E-state index contributed by atoms with van der Waals surface area (Å²) in [4.78, 5) is 47.6. The summed E-state index contributed by atoms with van der Waals surface area (Å²) in [6.07, 6.45) is 0.419. The zero-order chi connectivity index (χ0) is 23.6. The fourth-order valence-corrected chi connectivity index (χ4v) is 4.41. The molecule has 1 saturated heterocycles. The van der Waals surface area contributed by atoms with Crippen molar-refractivity contribution in [3.05, 3.63) is 52.5 Å². The molecule has 3 rings (SSSR count). The van der Waals surface area contributed by atoms with E-state index in [0.717, 1.165) is 5.56 Å². The number of amides is 3. The van der Waals surface area contributed by atoms with E-state index < -0.39 is 6.10 Å². The molecule has 2 heterocycles. The van der Waals surface area contributed by atoms with Crippen LogP contribution in [0.25, 0.3) is 0 Å². The van der Waals surface area contributed by atoms with E-state index in [1.54, 1.807) is 15.3 Å². The summed E-state index contributed by atoms with van der Waals surface area (Å²) in [7, 11) is 0. The van der Waals surface area contributed by atoms with Crippen molar-refractivity contribution < 1.29 is 19.1 Å². The Kier molecular flexibility index (Phi) is 9.38. The summed E-state index contributed by atoms with van der Waals surface area (Å²) < 4.78 is 5.96. The Morgan fingerprint density at radius 3 is 2.61 bits per heavy atom. The molecule has 1 atom stereocenters. The second kappa shape index (κ2) is 12.5. The van der Waals surface area contributed by atoms with Gasteiger partial charge in [-0.2, -0.15) is 0 Å². The first-order valence-electron chi connectivity index (χ1n) is 11.4. The molecule has 0 radical (unpaired) electrons. The summed E-state index contributed by atoms with van der Waals surface area (Å²) in [6, 6.07) is 9.97. The van der Waals surface area contributed by atoms with Gasteiger partial charge >= 0.3 is 0 Å². The third-order valence-corrected chi connectivity index (χ3v) is 6.40. The molecule has 1 aromatic heterocycles. The molecular weight excluding hydrogens is 440 g/mol. The maximum atomic E-state index is 13.0. The maximum absolute atomic E-state index is 13.0. The number of nitrogens with zero attached hydrogens (tertiary/aromatic N) is 4. The van der Waals surface area contributed by atoms with Crippen molar-refractivity contribution in [2.24, 2.45) is 0 Å². The van der Waals surface area contributed by atoms with E-state index in [1.807, 2.05) is 49.6 Å². The Labute approximate surface area is 199 Å². The van der Waals surface area contributed by atoms with Crippen LogP contribution in [0.15, 0.2) is 41.2 Å². The lowest BCUT2D eigenvalue weighted by Crippen LogP contribution is -2.42. The molecule has 0 spiro atoms. The van der Waals surface area contributed by atoms with Crippen LogP contribution >= 0.6 is 11.3 Å². The highest BCUT2D eigenvalue weighted by molar-refractivity contribution is 7.07. The Morgan fingerprint density at radius 1 is 1.18 bits per heavy atom. The Bertz CT molecular complexity index is 902. The van der Waals surface area contributed by atoms with Gasteiger partial charge in [0, 0.05) is 38.1 Å². The van der Waals surface area contributed by atoms with Gasteiger partial charge in [-0.1, -0.05) is 30.3 Å². The molecule has 3 amide bonds. The van der Waals surface area contributed by atoms with Crippen molar-refractivity contribution in [3.8, 4) is 0 Å². The monoisotopic (exact) mass is 472 g/mol. The second-order valence-electron chi connectivity index (χ2n) is 8.01. The van der Waals surface area contributed by atoms with Gasteiger partial charge in [-0.05, 0) is 25.8 Å². The highest BCUT2D eigenvalue weighted by atomic mass is 32.1. The van der Waals surface area contributed by atoms with Crippen LogP contribution in [0.5, 0.6) is 0 Å². The van der Waals surface area contributed by atoms with E-state index >= 15 is 0 Å². The van der Waals surface area contributed by atoms with Crippen LogP contribution in [0.4, 0.5) is 0 Å². The van der Waals surface area contributed by atoms with Crippen molar-refractivity contribution >= 4 is 29.1 Å². The number of hydrogen-bond donors (Lipinski definition) is 0. The van der Waals surface area contributed by atoms with Gasteiger partial charge in [0.15, 0.2) is 0 Å². The van der Waals surface area contributed by atoms with Crippen molar-refractivity contribution in [2.45, 2.75) is 32.8 Å². The van der Waals surface area contributed by atoms with E-state index in [9.17, 15) is 14.4 Å². The number of aromatic nitrogens is 1. The van der Waals surface area contributed by atoms with Gasteiger partial charge in [-0.25, -0.2) is 4.98 Å². The molecule has 178 valence electrons. The zero-order valence-corrected chi connectivity index (χ0v) is 20.1. The molecule has 1 aliphatic rings. The van der Waals surface area contributed by atoms with Crippen LogP contribution < -0.4 is 0 Å². The third kappa shape index (κ3) is 7.36. The Balaban J connectivity index is 1.68. The van der Waals surface area contributed by atoms with Crippen molar-refractivity contribution in [1.29, 1.82) is 0 Å². The van der Waals surface area contributed by atoms with Crippen LogP contribution in [0, 0.1) is 0 Å². The average Bonchev–Trinajstić information content (AvgIpc) is 3.27. The largest absolute Gasteiger partial charge is 0.365 e. The molecule has 0 N–H and O–H groups in total. The van der Waals surface area contributed by atoms with Crippen LogP contribution in [-0.4, -0.2) is 89.4 Å². The summed E-state index contributed by atoms with van der Waals surface area (Å²) in [6.45, 7) is 6.15. The molecular formula is C24H32N4O4S. The molecule has 0 bridgehead atoms. The smallest absolute Gasteiger partial charge is 0.248 e. The van der Waals surface area contributed by atoms with E-state index in [0.29, 0.717) is 38.3 Å². The van der Waals surface area contributed by atoms with Crippen molar-refractivity contribution in [1.82, 2.24) is 19.7 Å². The van der Waals surface area contributed by atoms with Gasteiger partial charge in [0.05, 0.1) is 30.3 Å². The highest BCUT2D eigenvalue weighted by Gasteiger charge is 2.31. The maximum Gasteiger partial charge on any atom is 0.248 e. The summed E-state index contributed by atoms with van der Waals surface area (Å²) in [5.41, 5.74) is 3.52. The van der Waals surface area contributed by atoms with Gasteiger partial charge in [0.1, 0.15) is 6.61 Å². The first-order chi connectivity index (χ1) is 16.0. The van der Waals surface area contributed by atoms with Gasteiger partial charge in [0.2, 0.25) is 17.7 Å². The molecule has 0 saturated carbocycles. The molecule has 1 aliphatic heterocycles.